The average Bonchev–Trinajstić information content (AvgIpc) is 2.17. The Balaban J connectivity index is 2.77. The van der Waals surface area contributed by atoms with Crippen LogP contribution in [-0.2, 0) is 0 Å². The normalized spacial score (nSPS) is 12.2. The van der Waals surface area contributed by atoms with Gasteiger partial charge in [0.05, 0.1) is 6.10 Å². The zero-order valence-electron chi connectivity index (χ0n) is 9.92. The van der Waals surface area contributed by atoms with Crippen molar-refractivity contribution in [1.29, 1.82) is 0 Å². The van der Waals surface area contributed by atoms with Crippen LogP contribution < -0.4 is 4.74 Å². The lowest BCUT2D eigenvalue weighted by atomic mass is 10.1. The molecule has 0 aromatic heterocycles. The first-order chi connectivity index (χ1) is 7.54. The third-order valence-corrected chi connectivity index (χ3v) is 3.01. The van der Waals surface area contributed by atoms with Gasteiger partial charge in [0.15, 0.2) is 5.78 Å². The first-order valence-corrected chi connectivity index (χ1v) is 6.31. The summed E-state index contributed by atoms with van der Waals surface area (Å²) >= 11 is 3.38. The highest BCUT2D eigenvalue weighted by molar-refractivity contribution is 9.10. The molecule has 0 fully saturated rings. The van der Waals surface area contributed by atoms with E-state index in [1.54, 1.807) is 13.0 Å². The van der Waals surface area contributed by atoms with Gasteiger partial charge in [0.1, 0.15) is 5.75 Å². The third kappa shape index (κ3) is 3.63. The number of hydrogen-bond acceptors (Lipinski definition) is 2. The summed E-state index contributed by atoms with van der Waals surface area (Å²) in [7, 11) is 0. The Kier molecular flexibility index (Phi) is 5.00. The lowest BCUT2D eigenvalue weighted by Gasteiger charge is -2.14. The van der Waals surface area contributed by atoms with E-state index in [4.69, 9.17) is 4.74 Å². The van der Waals surface area contributed by atoms with Gasteiger partial charge in [-0.05, 0) is 54.4 Å². The van der Waals surface area contributed by atoms with Crippen molar-refractivity contribution in [2.75, 3.05) is 0 Å². The Morgan fingerprint density at radius 3 is 2.69 bits per heavy atom. The molecule has 0 aliphatic rings. The molecule has 16 heavy (non-hydrogen) atoms. The summed E-state index contributed by atoms with van der Waals surface area (Å²) in [5.41, 5.74) is 0.690. The second-order valence-corrected chi connectivity index (χ2v) is 4.77. The van der Waals surface area contributed by atoms with Crippen LogP contribution in [0.2, 0.25) is 0 Å². The second-order valence-electron chi connectivity index (χ2n) is 3.91. The van der Waals surface area contributed by atoms with Gasteiger partial charge in [-0.2, -0.15) is 0 Å². The summed E-state index contributed by atoms with van der Waals surface area (Å²) in [5, 5.41) is 0. The molecule has 0 aliphatic heterocycles. The molecule has 0 N–H and O–H groups in total. The Bertz CT molecular complexity index is 374. The van der Waals surface area contributed by atoms with Crippen molar-refractivity contribution >= 4 is 21.7 Å². The summed E-state index contributed by atoms with van der Waals surface area (Å²) in [5.74, 6) is 0.859. The summed E-state index contributed by atoms with van der Waals surface area (Å²) in [6.07, 6.45) is 2.35. The molecular weight excluding hydrogens is 268 g/mol. The maximum atomic E-state index is 11.2. The zero-order valence-corrected chi connectivity index (χ0v) is 11.5. The largest absolute Gasteiger partial charge is 0.491 e. The summed E-state index contributed by atoms with van der Waals surface area (Å²) in [4.78, 5) is 11.2. The fourth-order valence-electron chi connectivity index (χ4n) is 1.55. The van der Waals surface area contributed by atoms with Gasteiger partial charge in [-0.15, -0.1) is 0 Å². The molecule has 3 heteroatoms. The Labute approximate surface area is 105 Å². The van der Waals surface area contributed by atoms with E-state index >= 15 is 0 Å². The lowest BCUT2D eigenvalue weighted by molar-refractivity contribution is 0.101. The molecule has 0 amide bonds. The number of carbonyl (C=O) groups is 1. The molecule has 0 aliphatic carbocycles. The molecule has 2 nitrogen and oxygen atoms in total. The number of ketones is 1. The highest BCUT2D eigenvalue weighted by Crippen LogP contribution is 2.24. The maximum absolute atomic E-state index is 11.2. The van der Waals surface area contributed by atoms with Crippen molar-refractivity contribution in [3.8, 4) is 5.75 Å². The first kappa shape index (κ1) is 13.2. The van der Waals surface area contributed by atoms with Gasteiger partial charge < -0.3 is 4.74 Å². The Morgan fingerprint density at radius 2 is 2.19 bits per heavy atom. The van der Waals surface area contributed by atoms with Gasteiger partial charge in [-0.25, -0.2) is 0 Å². The molecule has 1 aromatic rings. The summed E-state index contributed by atoms with van der Waals surface area (Å²) in [6, 6.07) is 5.48. The molecule has 1 unspecified atom stereocenters. The van der Waals surface area contributed by atoms with Crippen molar-refractivity contribution in [1.82, 2.24) is 0 Å². The standard InChI is InChI=1S/C13H17BrO2/c1-4-5-9(2)16-11-6-7-12(10(3)15)13(14)8-11/h6-9H,4-5H2,1-3H3. The number of benzene rings is 1. The molecule has 1 atom stereocenters. The number of carbonyl (C=O) groups excluding carboxylic acids is 1. The van der Waals surface area contributed by atoms with Crippen LogP contribution in [0.25, 0.3) is 0 Å². The van der Waals surface area contributed by atoms with Gasteiger partial charge in [-0.1, -0.05) is 13.3 Å². The fourth-order valence-corrected chi connectivity index (χ4v) is 2.19. The minimum Gasteiger partial charge on any atom is -0.491 e. The van der Waals surface area contributed by atoms with Crippen molar-refractivity contribution in [3.63, 3.8) is 0 Å². The van der Waals surface area contributed by atoms with Crippen LogP contribution in [0.5, 0.6) is 5.75 Å². The minimum atomic E-state index is 0.0556. The van der Waals surface area contributed by atoms with Crippen LogP contribution in [0.15, 0.2) is 22.7 Å². The van der Waals surface area contributed by atoms with E-state index in [2.05, 4.69) is 29.8 Å². The Morgan fingerprint density at radius 1 is 1.50 bits per heavy atom. The van der Waals surface area contributed by atoms with Crippen LogP contribution in [-0.4, -0.2) is 11.9 Å². The van der Waals surface area contributed by atoms with Crippen molar-refractivity contribution < 1.29 is 9.53 Å². The predicted molar refractivity (Wildman–Crippen MR) is 69.1 cm³/mol. The molecule has 0 saturated heterocycles. The van der Waals surface area contributed by atoms with Crippen LogP contribution in [0, 0.1) is 0 Å². The van der Waals surface area contributed by atoms with Gasteiger partial charge in [-0.3, -0.25) is 4.79 Å². The van der Waals surface area contributed by atoms with Crippen molar-refractivity contribution in [2.24, 2.45) is 0 Å². The Hall–Kier alpha value is -0.830. The van der Waals surface area contributed by atoms with Gasteiger partial charge >= 0.3 is 0 Å². The van der Waals surface area contributed by atoms with E-state index in [1.807, 2.05) is 12.1 Å². The number of halogens is 1. The second kappa shape index (κ2) is 6.04. The molecule has 1 aromatic carbocycles. The van der Waals surface area contributed by atoms with E-state index in [0.29, 0.717) is 5.56 Å². The molecule has 0 radical (unpaired) electrons. The molecule has 0 bridgehead atoms. The van der Waals surface area contributed by atoms with Gasteiger partial charge in [0.25, 0.3) is 0 Å². The topological polar surface area (TPSA) is 26.3 Å². The highest BCUT2D eigenvalue weighted by atomic mass is 79.9. The van der Waals surface area contributed by atoms with Gasteiger partial charge in [0.2, 0.25) is 0 Å². The predicted octanol–water partition coefficient (Wildman–Crippen LogP) is 4.22. The fraction of sp³-hybridized carbons (Fsp3) is 0.462. The molecule has 0 heterocycles. The first-order valence-electron chi connectivity index (χ1n) is 5.51. The SMILES string of the molecule is CCCC(C)Oc1ccc(C(C)=O)c(Br)c1. The molecule has 1 rings (SSSR count). The molecular formula is C13H17BrO2. The van der Waals surface area contributed by atoms with E-state index in [-0.39, 0.29) is 11.9 Å². The number of rotatable bonds is 5. The van der Waals surface area contributed by atoms with Crippen molar-refractivity contribution in [3.05, 3.63) is 28.2 Å². The molecule has 0 spiro atoms. The quantitative estimate of drug-likeness (QED) is 0.757. The van der Waals surface area contributed by atoms with Crippen LogP contribution in [0.3, 0.4) is 0 Å². The smallest absolute Gasteiger partial charge is 0.160 e. The number of ether oxygens (including phenoxy) is 1. The summed E-state index contributed by atoms with van der Waals surface area (Å²) < 4.78 is 6.52. The van der Waals surface area contributed by atoms with E-state index in [9.17, 15) is 4.79 Å². The highest BCUT2D eigenvalue weighted by Gasteiger charge is 2.08. The number of Topliss-reactive ketones (excluding diaryl/α,β-unsaturated/α-hetero) is 1. The van der Waals surface area contributed by atoms with E-state index in [0.717, 1.165) is 23.1 Å². The lowest BCUT2D eigenvalue weighted by Crippen LogP contribution is -2.11. The molecule has 88 valence electrons. The minimum absolute atomic E-state index is 0.0556. The van der Waals surface area contributed by atoms with E-state index in [1.165, 1.54) is 0 Å². The molecule has 0 saturated carbocycles. The van der Waals surface area contributed by atoms with Crippen LogP contribution >= 0.6 is 15.9 Å². The summed E-state index contributed by atoms with van der Waals surface area (Å²) in [6.45, 7) is 5.74. The maximum Gasteiger partial charge on any atom is 0.160 e. The van der Waals surface area contributed by atoms with Crippen LogP contribution in [0.1, 0.15) is 44.0 Å². The van der Waals surface area contributed by atoms with Crippen molar-refractivity contribution in [2.45, 2.75) is 39.7 Å². The number of hydrogen-bond donors (Lipinski definition) is 0. The van der Waals surface area contributed by atoms with Gasteiger partial charge in [0, 0.05) is 10.0 Å². The van der Waals surface area contributed by atoms with E-state index < -0.39 is 0 Å². The third-order valence-electron chi connectivity index (χ3n) is 2.35. The zero-order chi connectivity index (χ0) is 12.1. The monoisotopic (exact) mass is 284 g/mol. The van der Waals surface area contributed by atoms with Crippen LogP contribution in [0.4, 0.5) is 0 Å². The average molecular weight is 285 g/mol.